The van der Waals surface area contributed by atoms with E-state index in [0.717, 1.165) is 39.9 Å². The smallest absolute Gasteiger partial charge is 0.148 e. The van der Waals surface area contributed by atoms with Gasteiger partial charge < -0.3 is 9.72 Å². The van der Waals surface area contributed by atoms with Crippen molar-refractivity contribution < 1.29 is 14.3 Å². The first-order valence-corrected chi connectivity index (χ1v) is 8.96. The highest BCUT2D eigenvalue weighted by molar-refractivity contribution is 6.13. The molecule has 0 bridgehead atoms. The standard InChI is InChI=1S/C22H19NO3/c1-26-13-7-8-14-16(9-13)23-17-10-15(12-5-3-2-4-6-12)21-18(24)11-19(25)22(21)20(14)17/h2-9,15,21-23H,10-11H2,1H3. The van der Waals surface area contributed by atoms with Crippen LogP contribution in [0.2, 0.25) is 0 Å². The number of hydrogen-bond donors (Lipinski definition) is 1. The molecule has 2 aliphatic rings. The average molecular weight is 345 g/mol. The van der Waals surface area contributed by atoms with Crippen LogP contribution in [-0.2, 0) is 16.0 Å². The topological polar surface area (TPSA) is 59.2 Å². The van der Waals surface area contributed by atoms with Gasteiger partial charge in [0.15, 0.2) is 0 Å². The molecule has 0 radical (unpaired) electrons. The summed E-state index contributed by atoms with van der Waals surface area (Å²) >= 11 is 0. The molecule has 1 saturated carbocycles. The molecule has 26 heavy (non-hydrogen) atoms. The predicted molar refractivity (Wildman–Crippen MR) is 98.6 cm³/mol. The second kappa shape index (κ2) is 5.56. The summed E-state index contributed by atoms with van der Waals surface area (Å²) in [6, 6.07) is 16.0. The van der Waals surface area contributed by atoms with E-state index in [9.17, 15) is 9.59 Å². The van der Waals surface area contributed by atoms with E-state index in [0.29, 0.717) is 0 Å². The quantitative estimate of drug-likeness (QED) is 0.720. The minimum absolute atomic E-state index is 0.0441. The highest BCUT2D eigenvalue weighted by Gasteiger charge is 2.51. The Kier molecular flexibility index (Phi) is 3.29. The molecule has 2 aliphatic carbocycles. The average Bonchev–Trinajstić information content (AvgIpc) is 3.17. The van der Waals surface area contributed by atoms with Crippen LogP contribution in [0.4, 0.5) is 0 Å². The molecule has 1 N–H and O–H groups in total. The van der Waals surface area contributed by atoms with E-state index < -0.39 is 0 Å². The van der Waals surface area contributed by atoms with Gasteiger partial charge in [0.05, 0.1) is 19.4 Å². The van der Waals surface area contributed by atoms with Crippen LogP contribution in [-0.4, -0.2) is 23.7 Å². The summed E-state index contributed by atoms with van der Waals surface area (Å²) in [7, 11) is 1.64. The van der Waals surface area contributed by atoms with Crippen molar-refractivity contribution in [3.05, 3.63) is 65.4 Å². The summed E-state index contributed by atoms with van der Waals surface area (Å²) in [5.74, 6) is 0.377. The van der Waals surface area contributed by atoms with E-state index in [1.165, 1.54) is 0 Å². The number of carbonyl (C=O) groups is 2. The van der Waals surface area contributed by atoms with Crippen LogP contribution in [0.25, 0.3) is 10.9 Å². The van der Waals surface area contributed by atoms with Crippen LogP contribution < -0.4 is 4.74 Å². The Balaban J connectivity index is 1.72. The number of ketones is 2. The number of benzene rings is 2. The van der Waals surface area contributed by atoms with E-state index in [1.807, 2.05) is 36.4 Å². The number of methoxy groups -OCH3 is 1. The molecule has 1 aromatic heterocycles. The summed E-state index contributed by atoms with van der Waals surface area (Å²) in [5.41, 5.74) is 4.20. The molecule has 3 unspecified atom stereocenters. The van der Waals surface area contributed by atoms with Crippen LogP contribution >= 0.6 is 0 Å². The van der Waals surface area contributed by atoms with Gasteiger partial charge in [0.2, 0.25) is 0 Å². The molecule has 1 heterocycles. The number of rotatable bonds is 2. The van der Waals surface area contributed by atoms with E-state index >= 15 is 0 Å². The molecule has 0 aliphatic heterocycles. The number of aromatic nitrogens is 1. The number of fused-ring (bicyclic) bond motifs is 5. The Morgan fingerprint density at radius 3 is 2.62 bits per heavy atom. The fourth-order valence-electron chi connectivity index (χ4n) is 4.85. The number of H-pyrrole nitrogens is 1. The third kappa shape index (κ3) is 2.08. The zero-order valence-corrected chi connectivity index (χ0v) is 14.5. The van der Waals surface area contributed by atoms with Gasteiger partial charge in [-0.25, -0.2) is 0 Å². The van der Waals surface area contributed by atoms with Crippen molar-refractivity contribution in [1.82, 2.24) is 4.98 Å². The zero-order chi connectivity index (χ0) is 17.8. The van der Waals surface area contributed by atoms with Crippen molar-refractivity contribution in [2.75, 3.05) is 7.11 Å². The van der Waals surface area contributed by atoms with Gasteiger partial charge in [-0.1, -0.05) is 30.3 Å². The van der Waals surface area contributed by atoms with Gasteiger partial charge in [-0.05, 0) is 29.7 Å². The Hall–Kier alpha value is -2.88. The van der Waals surface area contributed by atoms with Crippen molar-refractivity contribution in [1.29, 1.82) is 0 Å². The first kappa shape index (κ1) is 15.4. The van der Waals surface area contributed by atoms with Crippen LogP contribution in [0.5, 0.6) is 5.75 Å². The van der Waals surface area contributed by atoms with E-state index in [4.69, 9.17) is 4.74 Å². The Morgan fingerprint density at radius 1 is 1.04 bits per heavy atom. The first-order chi connectivity index (χ1) is 12.7. The van der Waals surface area contributed by atoms with Crippen molar-refractivity contribution >= 4 is 22.5 Å². The minimum Gasteiger partial charge on any atom is -0.497 e. The fraction of sp³-hybridized carbons (Fsp3) is 0.273. The van der Waals surface area contributed by atoms with E-state index in [2.05, 4.69) is 17.1 Å². The lowest BCUT2D eigenvalue weighted by atomic mass is 9.69. The lowest BCUT2D eigenvalue weighted by Crippen LogP contribution is -2.30. The lowest BCUT2D eigenvalue weighted by molar-refractivity contribution is -0.122. The summed E-state index contributed by atoms with van der Waals surface area (Å²) in [5, 5.41) is 1.03. The van der Waals surface area contributed by atoms with Gasteiger partial charge in [-0.2, -0.15) is 0 Å². The highest BCUT2D eigenvalue weighted by Crippen LogP contribution is 2.51. The second-order valence-electron chi connectivity index (χ2n) is 7.26. The summed E-state index contributed by atoms with van der Waals surface area (Å²) in [4.78, 5) is 29.0. The maximum Gasteiger partial charge on any atom is 0.148 e. The number of hydrogen-bond acceptors (Lipinski definition) is 3. The molecule has 130 valence electrons. The molecule has 0 amide bonds. The molecule has 2 aromatic carbocycles. The molecule has 1 fully saturated rings. The van der Waals surface area contributed by atoms with Crippen LogP contribution in [0, 0.1) is 5.92 Å². The van der Waals surface area contributed by atoms with E-state index in [1.54, 1.807) is 7.11 Å². The molecule has 0 spiro atoms. The molecule has 0 saturated heterocycles. The zero-order valence-electron chi connectivity index (χ0n) is 14.5. The Labute approximate surface area is 151 Å². The summed E-state index contributed by atoms with van der Waals surface area (Å²) < 4.78 is 5.33. The van der Waals surface area contributed by atoms with Crippen molar-refractivity contribution in [2.24, 2.45) is 5.92 Å². The van der Waals surface area contributed by atoms with Crippen molar-refractivity contribution in [2.45, 2.75) is 24.7 Å². The maximum absolute atomic E-state index is 12.8. The first-order valence-electron chi connectivity index (χ1n) is 8.96. The second-order valence-corrected chi connectivity index (χ2v) is 7.26. The van der Waals surface area contributed by atoms with Crippen LogP contribution in [0.1, 0.15) is 35.1 Å². The lowest BCUT2D eigenvalue weighted by Gasteiger charge is -2.32. The van der Waals surface area contributed by atoms with E-state index in [-0.39, 0.29) is 35.7 Å². The highest BCUT2D eigenvalue weighted by atomic mass is 16.5. The number of aromatic amines is 1. The molecule has 3 aromatic rings. The maximum atomic E-state index is 12.8. The monoisotopic (exact) mass is 345 g/mol. The van der Waals surface area contributed by atoms with Gasteiger partial charge in [-0.15, -0.1) is 0 Å². The number of Topliss-reactive ketones (excluding diaryl/α,β-unsaturated/α-hetero) is 2. The molecule has 5 rings (SSSR count). The molecular weight excluding hydrogens is 326 g/mol. The van der Waals surface area contributed by atoms with Gasteiger partial charge in [-0.3, -0.25) is 9.59 Å². The molecule has 4 heteroatoms. The minimum atomic E-state index is -0.335. The van der Waals surface area contributed by atoms with Crippen LogP contribution in [0.15, 0.2) is 48.5 Å². The fourth-order valence-corrected chi connectivity index (χ4v) is 4.85. The summed E-state index contributed by atoms with van der Waals surface area (Å²) in [6.07, 6.45) is 0.803. The van der Waals surface area contributed by atoms with Gasteiger partial charge in [0.1, 0.15) is 17.3 Å². The van der Waals surface area contributed by atoms with Crippen molar-refractivity contribution in [3.63, 3.8) is 0 Å². The Morgan fingerprint density at radius 2 is 1.85 bits per heavy atom. The van der Waals surface area contributed by atoms with Gasteiger partial charge in [0.25, 0.3) is 0 Å². The SMILES string of the molecule is COc1ccc2c3c([nH]c2c1)CC(c1ccccc1)C1C(=O)CC(=O)C31. The van der Waals surface area contributed by atoms with Crippen LogP contribution in [0.3, 0.4) is 0 Å². The van der Waals surface area contributed by atoms with Gasteiger partial charge >= 0.3 is 0 Å². The third-order valence-corrected chi connectivity index (χ3v) is 5.95. The summed E-state index contributed by atoms with van der Waals surface area (Å²) in [6.45, 7) is 0. The normalized spacial score (nSPS) is 24.6. The molecular formula is C22H19NO3. The van der Waals surface area contributed by atoms with Gasteiger partial charge in [0, 0.05) is 34.5 Å². The Bertz CT molecular complexity index is 1030. The van der Waals surface area contributed by atoms with Crippen molar-refractivity contribution in [3.8, 4) is 5.75 Å². The third-order valence-electron chi connectivity index (χ3n) is 5.95. The molecule has 3 atom stereocenters. The number of ether oxygens (including phenoxy) is 1. The largest absolute Gasteiger partial charge is 0.497 e. The molecule has 4 nitrogen and oxygen atoms in total. The number of nitrogens with one attached hydrogen (secondary N) is 1. The predicted octanol–water partition coefficient (Wildman–Crippen LogP) is 3.76. The number of carbonyl (C=O) groups excluding carboxylic acids is 2.